The van der Waals surface area contributed by atoms with E-state index in [0.29, 0.717) is 6.29 Å². The number of nitrogens with zero attached hydrogens (tertiary/aromatic N) is 1. The molecule has 0 aromatic carbocycles. The highest BCUT2D eigenvalue weighted by molar-refractivity contribution is 5.78. The van der Waals surface area contributed by atoms with Crippen LogP contribution in [0.2, 0.25) is 0 Å². The van der Waals surface area contributed by atoms with E-state index in [-0.39, 0.29) is 6.42 Å². The van der Waals surface area contributed by atoms with Gasteiger partial charge in [0.25, 0.3) is 0 Å². The second kappa shape index (κ2) is 7.31. The van der Waals surface area contributed by atoms with Crippen LogP contribution in [0.4, 0.5) is 4.79 Å². The molecule has 1 heterocycles. The number of hydrogen-bond acceptors (Lipinski definition) is 7. The van der Waals surface area contributed by atoms with Crippen molar-refractivity contribution in [3.63, 3.8) is 0 Å². The van der Waals surface area contributed by atoms with Crippen molar-refractivity contribution < 1.29 is 34.8 Å². The lowest BCUT2D eigenvalue weighted by Crippen LogP contribution is -2.47. The Kier molecular flexibility index (Phi) is 6.05. The molecule has 1 aliphatic heterocycles. The zero-order chi connectivity index (χ0) is 15.3. The molecule has 0 radical (unpaired) electrons. The topological polar surface area (TPSA) is 140 Å². The molecule has 5 N–H and O–H groups in total. The minimum Gasteiger partial charge on any atom is -0.394 e. The monoisotopic (exact) mass is 290 g/mol. The van der Waals surface area contributed by atoms with Crippen molar-refractivity contribution in [3.8, 4) is 0 Å². The van der Waals surface area contributed by atoms with Crippen molar-refractivity contribution in [3.05, 3.63) is 11.8 Å². The van der Waals surface area contributed by atoms with Crippen LogP contribution >= 0.6 is 0 Å². The summed E-state index contributed by atoms with van der Waals surface area (Å²) in [4.78, 5) is 23.2. The number of hydrogen-bond donors (Lipinski definition) is 5. The van der Waals surface area contributed by atoms with Crippen molar-refractivity contribution in [2.75, 3.05) is 13.7 Å². The maximum Gasteiger partial charge on any atom is 0.323 e. The molecule has 20 heavy (non-hydrogen) atoms. The molecule has 3 atom stereocenters. The first-order chi connectivity index (χ1) is 9.46. The number of rotatable bonds is 5. The van der Waals surface area contributed by atoms with Crippen LogP contribution in [0.3, 0.4) is 0 Å². The number of amides is 2. The number of aliphatic hydroxyl groups is 4. The van der Waals surface area contributed by atoms with Crippen molar-refractivity contribution in [1.29, 1.82) is 0 Å². The molecule has 0 unspecified atom stereocenters. The van der Waals surface area contributed by atoms with E-state index in [9.17, 15) is 24.9 Å². The van der Waals surface area contributed by atoms with Crippen LogP contribution in [-0.4, -0.2) is 76.0 Å². The highest BCUT2D eigenvalue weighted by Gasteiger charge is 2.40. The standard InChI is InChI=1S/C11H18N2O7/c1-12-11(19)13(6(2-3-14)10(17)18)9-4-7(16)8(5-15)20-9/h2-3,7-10,15-18H,4-5H2,1H3,(H,12,19)/b6-2-/t7-,8+,9+/m0/s1. The fourth-order valence-corrected chi connectivity index (χ4v) is 1.93. The van der Waals surface area contributed by atoms with E-state index in [1.165, 1.54) is 7.05 Å². The molecule has 114 valence electrons. The van der Waals surface area contributed by atoms with Crippen LogP contribution in [0.25, 0.3) is 0 Å². The first-order valence-electron chi connectivity index (χ1n) is 5.93. The number of allylic oxidation sites excluding steroid dienone is 1. The van der Waals surface area contributed by atoms with E-state index in [1.54, 1.807) is 0 Å². The summed E-state index contributed by atoms with van der Waals surface area (Å²) >= 11 is 0. The highest BCUT2D eigenvalue weighted by Crippen LogP contribution is 2.26. The normalized spacial score (nSPS) is 26.7. The number of carbonyl (C=O) groups excluding carboxylic acids is 2. The van der Waals surface area contributed by atoms with Crippen LogP contribution < -0.4 is 5.32 Å². The molecule has 0 aromatic heterocycles. The van der Waals surface area contributed by atoms with Crippen molar-refractivity contribution in [2.24, 2.45) is 0 Å². The third-order valence-corrected chi connectivity index (χ3v) is 2.89. The van der Waals surface area contributed by atoms with E-state index >= 15 is 0 Å². The van der Waals surface area contributed by atoms with Crippen LogP contribution in [0, 0.1) is 0 Å². The van der Waals surface area contributed by atoms with Crippen LogP contribution in [-0.2, 0) is 9.53 Å². The number of aliphatic hydroxyl groups excluding tert-OH is 3. The fourth-order valence-electron chi connectivity index (χ4n) is 1.93. The molecule has 0 spiro atoms. The van der Waals surface area contributed by atoms with Gasteiger partial charge in [-0.1, -0.05) is 0 Å². The Morgan fingerprint density at radius 3 is 2.60 bits per heavy atom. The third kappa shape index (κ3) is 3.52. The Balaban J connectivity index is 3.04. The molecule has 0 aromatic rings. The summed E-state index contributed by atoms with van der Waals surface area (Å²) in [5.74, 6) is 0. The summed E-state index contributed by atoms with van der Waals surface area (Å²) in [6.45, 7) is -0.451. The number of carbonyl (C=O) groups is 2. The van der Waals surface area contributed by atoms with Gasteiger partial charge in [-0.05, 0) is 0 Å². The minimum atomic E-state index is -2.08. The second-order valence-corrected chi connectivity index (χ2v) is 4.14. The molecular weight excluding hydrogens is 272 g/mol. The molecule has 2 amide bonds. The Morgan fingerprint density at radius 2 is 2.20 bits per heavy atom. The van der Waals surface area contributed by atoms with Gasteiger partial charge in [0.1, 0.15) is 18.6 Å². The van der Waals surface area contributed by atoms with E-state index < -0.39 is 43.1 Å². The highest BCUT2D eigenvalue weighted by atomic mass is 16.5. The maximum absolute atomic E-state index is 11.8. The van der Waals surface area contributed by atoms with Crippen molar-refractivity contribution in [2.45, 2.75) is 31.1 Å². The van der Waals surface area contributed by atoms with Crippen molar-refractivity contribution in [1.82, 2.24) is 10.2 Å². The van der Waals surface area contributed by atoms with Gasteiger partial charge in [0.2, 0.25) is 0 Å². The number of nitrogens with one attached hydrogen (secondary N) is 1. The first kappa shape index (κ1) is 16.5. The molecule has 1 fully saturated rings. The zero-order valence-corrected chi connectivity index (χ0v) is 10.8. The lowest BCUT2D eigenvalue weighted by molar-refractivity contribution is -0.105. The Bertz CT molecular complexity index is 385. The van der Waals surface area contributed by atoms with Gasteiger partial charge in [0, 0.05) is 19.5 Å². The summed E-state index contributed by atoms with van der Waals surface area (Å²) < 4.78 is 5.27. The molecule has 0 bridgehead atoms. The molecule has 9 heteroatoms. The number of ether oxygens (including phenoxy) is 1. The minimum absolute atomic E-state index is 0.0401. The number of aldehydes is 1. The maximum atomic E-state index is 11.8. The Hall–Kier alpha value is -1.52. The third-order valence-electron chi connectivity index (χ3n) is 2.89. The van der Waals surface area contributed by atoms with Gasteiger partial charge < -0.3 is 30.5 Å². The SMILES string of the molecule is CNC(=O)N(/C(=C\C=O)C(O)O)[C@H]1C[C@H](O)[C@@H](CO)O1. The molecule has 9 nitrogen and oxygen atoms in total. The smallest absolute Gasteiger partial charge is 0.323 e. The van der Waals surface area contributed by atoms with Crippen molar-refractivity contribution >= 4 is 12.3 Å². The van der Waals surface area contributed by atoms with Gasteiger partial charge in [0.15, 0.2) is 6.29 Å². The Labute approximate surface area is 115 Å². The van der Waals surface area contributed by atoms with E-state index in [0.717, 1.165) is 11.0 Å². The average molecular weight is 290 g/mol. The molecule has 0 saturated carbocycles. The quantitative estimate of drug-likeness (QED) is 0.214. The lowest BCUT2D eigenvalue weighted by Gasteiger charge is -2.30. The average Bonchev–Trinajstić information content (AvgIpc) is 2.78. The molecule has 1 rings (SSSR count). The first-order valence-corrected chi connectivity index (χ1v) is 5.93. The summed E-state index contributed by atoms with van der Waals surface area (Å²) in [6.07, 6.45) is -3.95. The zero-order valence-electron chi connectivity index (χ0n) is 10.8. The van der Waals surface area contributed by atoms with Gasteiger partial charge >= 0.3 is 6.03 Å². The molecule has 0 aliphatic carbocycles. The van der Waals surface area contributed by atoms with Gasteiger partial charge in [0.05, 0.1) is 18.4 Å². The fraction of sp³-hybridized carbons (Fsp3) is 0.636. The largest absolute Gasteiger partial charge is 0.394 e. The van der Waals surface area contributed by atoms with Crippen LogP contribution in [0.1, 0.15) is 6.42 Å². The second-order valence-electron chi connectivity index (χ2n) is 4.14. The molecular formula is C11H18N2O7. The summed E-state index contributed by atoms with van der Waals surface area (Å²) in [6, 6.07) is -0.748. The van der Waals surface area contributed by atoms with E-state index in [2.05, 4.69) is 5.32 Å². The van der Waals surface area contributed by atoms with Gasteiger partial charge in [-0.25, -0.2) is 4.79 Å². The number of urea groups is 1. The van der Waals surface area contributed by atoms with Crippen LogP contribution in [0.5, 0.6) is 0 Å². The van der Waals surface area contributed by atoms with E-state index in [4.69, 9.17) is 9.84 Å². The van der Waals surface area contributed by atoms with Gasteiger partial charge in [-0.3, -0.25) is 9.69 Å². The summed E-state index contributed by atoms with van der Waals surface area (Å²) in [5.41, 5.74) is -0.393. The van der Waals surface area contributed by atoms with E-state index in [1.807, 2.05) is 0 Å². The summed E-state index contributed by atoms with van der Waals surface area (Å²) in [5, 5.41) is 39.4. The predicted octanol–water partition coefficient (Wildman–Crippen LogP) is -2.51. The molecule has 1 saturated heterocycles. The summed E-state index contributed by atoms with van der Waals surface area (Å²) in [7, 11) is 1.31. The Morgan fingerprint density at radius 1 is 1.55 bits per heavy atom. The van der Waals surface area contributed by atoms with Crippen LogP contribution in [0.15, 0.2) is 11.8 Å². The lowest BCUT2D eigenvalue weighted by atomic mass is 10.2. The predicted molar refractivity (Wildman–Crippen MR) is 65.0 cm³/mol. The van der Waals surface area contributed by atoms with Gasteiger partial charge in [-0.2, -0.15) is 0 Å². The molecule has 1 aliphatic rings. The van der Waals surface area contributed by atoms with Gasteiger partial charge in [-0.15, -0.1) is 0 Å².